The maximum Gasteiger partial charge on any atom is 0.240 e. The quantitative estimate of drug-likeness (QED) is 0.820. The van der Waals surface area contributed by atoms with Gasteiger partial charge in [0.2, 0.25) is 11.9 Å². The third kappa shape index (κ3) is 4.25. The first-order valence-electron chi connectivity index (χ1n) is 6.64. The molecule has 110 valence electrons. The van der Waals surface area contributed by atoms with Crippen molar-refractivity contribution in [3.8, 4) is 0 Å². The van der Waals surface area contributed by atoms with Gasteiger partial charge in [-0.2, -0.15) is 0 Å². The van der Waals surface area contributed by atoms with Crippen LogP contribution in [-0.2, 0) is 4.79 Å². The second-order valence-electron chi connectivity index (χ2n) is 4.62. The van der Waals surface area contributed by atoms with E-state index in [-0.39, 0.29) is 19.1 Å². The number of aliphatic hydroxyl groups is 1. The molecule has 0 aliphatic heterocycles. The van der Waals surface area contributed by atoms with Crippen LogP contribution in [0.25, 0.3) is 0 Å². The van der Waals surface area contributed by atoms with E-state index in [1.807, 2.05) is 30.3 Å². The molecule has 2 rings (SSSR count). The van der Waals surface area contributed by atoms with E-state index in [0.29, 0.717) is 5.95 Å². The lowest BCUT2D eigenvalue weighted by molar-refractivity contribution is -0.120. The summed E-state index contributed by atoms with van der Waals surface area (Å²) in [6.45, 7) is -0.0331. The second-order valence-corrected chi connectivity index (χ2v) is 4.62. The minimum absolute atomic E-state index is 0.118. The molecule has 2 aromatic rings. The third-order valence-electron chi connectivity index (χ3n) is 2.99. The number of carbonyl (C=O) groups excluding carboxylic acids is 1. The fourth-order valence-corrected chi connectivity index (χ4v) is 1.93. The van der Waals surface area contributed by atoms with Crippen LogP contribution in [0.1, 0.15) is 11.6 Å². The summed E-state index contributed by atoms with van der Waals surface area (Å²) in [6, 6.07) is 10.7. The van der Waals surface area contributed by atoms with Crippen LogP contribution in [0.3, 0.4) is 0 Å². The van der Waals surface area contributed by atoms with Crippen molar-refractivity contribution in [2.24, 2.45) is 0 Å². The fraction of sp³-hybridized carbons (Fsp3) is 0.267. The highest BCUT2D eigenvalue weighted by Crippen LogP contribution is 2.11. The number of hydrogen-bond acceptors (Lipinski definition) is 5. The highest BCUT2D eigenvalue weighted by molar-refractivity contribution is 5.81. The molecule has 6 heteroatoms. The Morgan fingerprint density at radius 3 is 2.52 bits per heavy atom. The topological polar surface area (TPSA) is 78.4 Å². The normalized spacial score (nSPS) is 11.7. The van der Waals surface area contributed by atoms with E-state index in [1.54, 1.807) is 30.4 Å². The van der Waals surface area contributed by atoms with E-state index in [4.69, 9.17) is 0 Å². The summed E-state index contributed by atoms with van der Waals surface area (Å²) in [5, 5.41) is 12.2. The van der Waals surface area contributed by atoms with Gasteiger partial charge in [0.15, 0.2) is 0 Å². The zero-order valence-corrected chi connectivity index (χ0v) is 11.8. The molecule has 0 aliphatic rings. The number of hydrogen-bond donors (Lipinski definition) is 2. The Morgan fingerprint density at radius 2 is 1.90 bits per heavy atom. The first-order chi connectivity index (χ1) is 10.2. The molecule has 1 heterocycles. The molecule has 6 nitrogen and oxygen atoms in total. The molecule has 0 saturated heterocycles. The molecule has 1 aromatic heterocycles. The van der Waals surface area contributed by atoms with Gasteiger partial charge in [-0.05, 0) is 11.6 Å². The SMILES string of the molecule is CN(CC(=O)N[C@@H](CO)c1ccccc1)c1ncccn1. The summed E-state index contributed by atoms with van der Waals surface area (Å²) in [6.07, 6.45) is 3.24. The van der Waals surface area contributed by atoms with Crippen molar-refractivity contribution in [1.82, 2.24) is 15.3 Å². The molecule has 0 aliphatic carbocycles. The molecule has 0 unspecified atom stereocenters. The van der Waals surface area contributed by atoms with Crippen molar-refractivity contribution >= 4 is 11.9 Å². The lowest BCUT2D eigenvalue weighted by Gasteiger charge is -2.20. The Balaban J connectivity index is 1.94. The van der Waals surface area contributed by atoms with Crippen molar-refractivity contribution in [3.63, 3.8) is 0 Å². The van der Waals surface area contributed by atoms with E-state index >= 15 is 0 Å². The van der Waals surface area contributed by atoms with Crippen LogP contribution in [0.5, 0.6) is 0 Å². The second kappa shape index (κ2) is 7.35. The number of carbonyl (C=O) groups is 1. The number of nitrogens with zero attached hydrogens (tertiary/aromatic N) is 3. The largest absolute Gasteiger partial charge is 0.394 e. The summed E-state index contributed by atoms with van der Waals surface area (Å²) in [4.78, 5) is 21.8. The fourth-order valence-electron chi connectivity index (χ4n) is 1.93. The maximum atomic E-state index is 12.0. The molecular formula is C15H18N4O2. The highest BCUT2D eigenvalue weighted by atomic mass is 16.3. The van der Waals surface area contributed by atoms with Crippen molar-refractivity contribution in [2.75, 3.05) is 25.1 Å². The van der Waals surface area contributed by atoms with E-state index in [9.17, 15) is 9.90 Å². The van der Waals surface area contributed by atoms with Gasteiger partial charge in [0, 0.05) is 19.4 Å². The standard InChI is InChI=1S/C15H18N4O2/c1-19(15-16-8-5-9-17-15)10-14(21)18-13(11-20)12-6-3-2-4-7-12/h2-9,13,20H,10-11H2,1H3,(H,18,21)/t13-/m0/s1. The molecular weight excluding hydrogens is 268 g/mol. The van der Waals surface area contributed by atoms with Crippen LogP contribution in [0.2, 0.25) is 0 Å². The average Bonchev–Trinajstić information content (AvgIpc) is 2.54. The summed E-state index contributed by atoms with van der Waals surface area (Å²) in [5.74, 6) is 0.278. The molecule has 1 aromatic carbocycles. The Kier molecular flexibility index (Phi) is 5.22. The predicted molar refractivity (Wildman–Crippen MR) is 79.7 cm³/mol. The van der Waals surface area contributed by atoms with E-state index in [2.05, 4.69) is 15.3 Å². The molecule has 0 spiro atoms. The molecule has 21 heavy (non-hydrogen) atoms. The van der Waals surface area contributed by atoms with Crippen LogP contribution in [0.15, 0.2) is 48.8 Å². The van der Waals surface area contributed by atoms with Crippen LogP contribution < -0.4 is 10.2 Å². The van der Waals surface area contributed by atoms with E-state index < -0.39 is 6.04 Å². The van der Waals surface area contributed by atoms with Gasteiger partial charge < -0.3 is 15.3 Å². The Hall–Kier alpha value is -2.47. The van der Waals surface area contributed by atoms with Gasteiger partial charge in [-0.3, -0.25) is 4.79 Å². The van der Waals surface area contributed by atoms with Gasteiger partial charge in [0.25, 0.3) is 0 Å². The summed E-state index contributed by atoms with van der Waals surface area (Å²) in [7, 11) is 1.74. The van der Waals surface area contributed by atoms with Crippen LogP contribution in [0, 0.1) is 0 Å². The van der Waals surface area contributed by atoms with Crippen LogP contribution in [-0.4, -0.2) is 41.2 Å². The molecule has 2 N–H and O–H groups in total. The Labute approximate surface area is 123 Å². The third-order valence-corrected chi connectivity index (χ3v) is 2.99. The molecule has 1 atom stereocenters. The average molecular weight is 286 g/mol. The number of amides is 1. The molecule has 0 fully saturated rings. The van der Waals surface area contributed by atoms with Crippen LogP contribution in [0.4, 0.5) is 5.95 Å². The van der Waals surface area contributed by atoms with Crippen molar-refractivity contribution < 1.29 is 9.90 Å². The predicted octanol–water partition coefficient (Wildman–Crippen LogP) is 0.763. The van der Waals surface area contributed by atoms with E-state index in [0.717, 1.165) is 5.56 Å². The first-order valence-corrected chi connectivity index (χ1v) is 6.64. The molecule has 1 amide bonds. The molecule has 0 radical (unpaired) electrons. The van der Waals surface area contributed by atoms with Gasteiger partial charge in [0.1, 0.15) is 0 Å². The van der Waals surface area contributed by atoms with Crippen molar-refractivity contribution in [3.05, 3.63) is 54.4 Å². The van der Waals surface area contributed by atoms with Gasteiger partial charge in [-0.15, -0.1) is 0 Å². The first kappa shape index (κ1) is 14.9. The minimum atomic E-state index is -0.413. The number of anilines is 1. The summed E-state index contributed by atoms with van der Waals surface area (Å²) >= 11 is 0. The minimum Gasteiger partial charge on any atom is -0.394 e. The number of nitrogens with one attached hydrogen (secondary N) is 1. The number of likely N-dealkylation sites (N-methyl/N-ethyl adjacent to an activating group) is 1. The van der Waals surface area contributed by atoms with Crippen molar-refractivity contribution in [1.29, 1.82) is 0 Å². The number of benzene rings is 1. The van der Waals surface area contributed by atoms with Crippen LogP contribution >= 0.6 is 0 Å². The monoisotopic (exact) mass is 286 g/mol. The van der Waals surface area contributed by atoms with Crippen molar-refractivity contribution in [2.45, 2.75) is 6.04 Å². The number of aliphatic hydroxyl groups excluding tert-OH is 1. The van der Waals surface area contributed by atoms with E-state index in [1.165, 1.54) is 0 Å². The Bertz CT molecular complexity index is 562. The Morgan fingerprint density at radius 1 is 1.24 bits per heavy atom. The van der Waals surface area contributed by atoms with Gasteiger partial charge in [-0.1, -0.05) is 30.3 Å². The number of rotatable bonds is 6. The summed E-state index contributed by atoms with van der Waals surface area (Å²) < 4.78 is 0. The molecule has 0 bridgehead atoms. The smallest absolute Gasteiger partial charge is 0.240 e. The highest BCUT2D eigenvalue weighted by Gasteiger charge is 2.15. The van der Waals surface area contributed by atoms with Gasteiger partial charge in [-0.25, -0.2) is 9.97 Å². The zero-order valence-electron chi connectivity index (χ0n) is 11.8. The lowest BCUT2D eigenvalue weighted by atomic mass is 10.1. The van der Waals surface area contributed by atoms with Gasteiger partial charge >= 0.3 is 0 Å². The number of aromatic nitrogens is 2. The lowest BCUT2D eigenvalue weighted by Crippen LogP contribution is -2.39. The van der Waals surface area contributed by atoms with Gasteiger partial charge in [0.05, 0.1) is 19.2 Å². The summed E-state index contributed by atoms with van der Waals surface area (Å²) in [5.41, 5.74) is 0.868. The zero-order chi connectivity index (χ0) is 15.1. The molecule has 0 saturated carbocycles. The maximum absolute atomic E-state index is 12.0.